The molecule has 1 saturated heterocycles. The van der Waals surface area contributed by atoms with Gasteiger partial charge in [0.15, 0.2) is 11.5 Å². The van der Waals surface area contributed by atoms with Gasteiger partial charge in [-0.25, -0.2) is 4.79 Å². The summed E-state index contributed by atoms with van der Waals surface area (Å²) in [6.07, 6.45) is 1.53. The lowest BCUT2D eigenvalue weighted by Crippen LogP contribution is -2.42. The zero-order chi connectivity index (χ0) is 23.3. The maximum Gasteiger partial charge on any atom is 0.328 e. The molecule has 1 aliphatic heterocycles. The Balaban J connectivity index is 1.87. The average molecular weight is 476 g/mol. The molecule has 0 saturated carbocycles. The molecule has 1 fully saturated rings. The van der Waals surface area contributed by atoms with Crippen molar-refractivity contribution in [3.63, 3.8) is 0 Å². The van der Waals surface area contributed by atoms with E-state index in [4.69, 9.17) is 21.1 Å². The second-order valence-corrected chi connectivity index (χ2v) is 8.19. The lowest BCUT2D eigenvalue weighted by molar-refractivity contribution is -0.148. The number of thioether (sulfide) groups is 1. The normalized spacial score (nSPS) is 15.8. The molecule has 2 aromatic carbocycles. The van der Waals surface area contributed by atoms with Crippen molar-refractivity contribution in [2.24, 2.45) is 0 Å². The SMILES string of the molecule is CCOc1cc(/C=C2/SC(=O)N([C@@H](C)C(=O)OC)C2=O)cc(Cl)c1OCc1ccccc1. The van der Waals surface area contributed by atoms with E-state index in [-0.39, 0.29) is 4.91 Å². The molecule has 1 heterocycles. The van der Waals surface area contributed by atoms with Crippen molar-refractivity contribution >= 4 is 46.6 Å². The van der Waals surface area contributed by atoms with E-state index in [1.54, 1.807) is 12.1 Å². The van der Waals surface area contributed by atoms with Gasteiger partial charge in [-0.3, -0.25) is 14.5 Å². The monoisotopic (exact) mass is 475 g/mol. The molecule has 1 aliphatic rings. The predicted octanol–water partition coefficient (Wildman–Crippen LogP) is 4.92. The van der Waals surface area contributed by atoms with E-state index in [1.165, 1.54) is 20.1 Å². The van der Waals surface area contributed by atoms with Crippen molar-refractivity contribution in [3.8, 4) is 11.5 Å². The minimum absolute atomic E-state index is 0.169. The van der Waals surface area contributed by atoms with Crippen LogP contribution in [-0.2, 0) is 20.9 Å². The Morgan fingerprint density at radius 3 is 2.56 bits per heavy atom. The Hall–Kier alpha value is -2.97. The third kappa shape index (κ3) is 5.26. The van der Waals surface area contributed by atoms with Crippen LogP contribution in [0.15, 0.2) is 47.4 Å². The molecule has 2 amide bonds. The van der Waals surface area contributed by atoms with Gasteiger partial charge in [-0.05, 0) is 54.9 Å². The van der Waals surface area contributed by atoms with Crippen LogP contribution in [-0.4, -0.2) is 41.8 Å². The van der Waals surface area contributed by atoms with Crippen LogP contribution in [0.2, 0.25) is 5.02 Å². The van der Waals surface area contributed by atoms with Crippen LogP contribution in [0.3, 0.4) is 0 Å². The van der Waals surface area contributed by atoms with E-state index < -0.39 is 23.2 Å². The first-order valence-corrected chi connectivity index (χ1v) is 11.0. The Morgan fingerprint density at radius 2 is 1.91 bits per heavy atom. The average Bonchev–Trinajstić information content (AvgIpc) is 3.05. The van der Waals surface area contributed by atoms with Gasteiger partial charge in [-0.15, -0.1) is 0 Å². The second-order valence-electron chi connectivity index (χ2n) is 6.79. The van der Waals surface area contributed by atoms with Crippen LogP contribution in [0.1, 0.15) is 25.0 Å². The minimum atomic E-state index is -1.02. The highest BCUT2D eigenvalue weighted by molar-refractivity contribution is 8.18. The molecule has 32 heavy (non-hydrogen) atoms. The molecule has 0 unspecified atom stereocenters. The fraction of sp³-hybridized carbons (Fsp3) is 0.261. The number of amides is 2. The summed E-state index contributed by atoms with van der Waals surface area (Å²) >= 11 is 7.21. The van der Waals surface area contributed by atoms with Gasteiger partial charge >= 0.3 is 5.97 Å². The van der Waals surface area contributed by atoms with Gasteiger partial charge in [0.25, 0.3) is 11.1 Å². The first-order valence-electron chi connectivity index (χ1n) is 9.83. The van der Waals surface area contributed by atoms with Gasteiger partial charge in [0.05, 0.1) is 23.6 Å². The smallest absolute Gasteiger partial charge is 0.328 e. The highest BCUT2D eigenvalue weighted by atomic mass is 35.5. The third-order valence-electron chi connectivity index (χ3n) is 4.61. The molecular formula is C23H22ClNO6S. The van der Waals surface area contributed by atoms with Crippen LogP contribution in [0.4, 0.5) is 4.79 Å². The van der Waals surface area contributed by atoms with E-state index >= 15 is 0 Å². The summed E-state index contributed by atoms with van der Waals surface area (Å²) in [6, 6.07) is 11.9. The van der Waals surface area contributed by atoms with Crippen molar-refractivity contribution in [2.75, 3.05) is 13.7 Å². The lowest BCUT2D eigenvalue weighted by Gasteiger charge is -2.18. The van der Waals surface area contributed by atoms with Gasteiger partial charge in [0.1, 0.15) is 12.6 Å². The number of carbonyl (C=O) groups is 3. The fourth-order valence-corrected chi connectivity index (χ4v) is 4.23. The Bertz CT molecular complexity index is 1060. The van der Waals surface area contributed by atoms with Crippen molar-refractivity contribution in [2.45, 2.75) is 26.5 Å². The van der Waals surface area contributed by atoms with Crippen LogP contribution >= 0.6 is 23.4 Å². The van der Waals surface area contributed by atoms with E-state index in [0.29, 0.717) is 35.3 Å². The Kier molecular flexibility index (Phi) is 7.82. The molecule has 0 N–H and O–H groups in total. The van der Waals surface area contributed by atoms with Gasteiger partial charge in [0, 0.05) is 0 Å². The molecule has 0 bridgehead atoms. The Labute approximate surface area is 195 Å². The van der Waals surface area contributed by atoms with E-state index in [1.807, 2.05) is 37.3 Å². The number of hydrogen-bond donors (Lipinski definition) is 0. The van der Waals surface area contributed by atoms with Crippen LogP contribution in [0.25, 0.3) is 6.08 Å². The highest BCUT2D eigenvalue weighted by Gasteiger charge is 2.41. The molecule has 0 aliphatic carbocycles. The molecule has 168 valence electrons. The molecule has 0 radical (unpaired) electrons. The number of nitrogens with zero attached hydrogens (tertiary/aromatic N) is 1. The molecule has 0 aromatic heterocycles. The first-order chi connectivity index (χ1) is 15.3. The lowest BCUT2D eigenvalue weighted by atomic mass is 10.1. The zero-order valence-electron chi connectivity index (χ0n) is 17.8. The summed E-state index contributed by atoms with van der Waals surface area (Å²) in [7, 11) is 1.20. The standard InChI is InChI=1S/C23H22ClNO6S/c1-4-30-18-11-16(10-17(24)20(18)31-13-15-8-6-5-7-9-15)12-19-21(26)25(23(28)32-19)14(2)22(27)29-3/h5-12,14H,4,13H2,1-3H3/b19-12+/t14-/m0/s1. The van der Waals surface area contributed by atoms with Crippen LogP contribution in [0.5, 0.6) is 11.5 Å². The maximum atomic E-state index is 12.7. The van der Waals surface area contributed by atoms with E-state index in [9.17, 15) is 14.4 Å². The molecular weight excluding hydrogens is 454 g/mol. The maximum absolute atomic E-state index is 12.7. The third-order valence-corrected chi connectivity index (χ3v) is 5.77. The molecule has 1 atom stereocenters. The van der Waals surface area contributed by atoms with Gasteiger partial charge in [-0.2, -0.15) is 0 Å². The second kappa shape index (κ2) is 10.6. The largest absolute Gasteiger partial charge is 0.490 e. The molecule has 0 spiro atoms. The van der Waals surface area contributed by atoms with Crippen molar-refractivity contribution in [1.82, 2.24) is 4.90 Å². The van der Waals surface area contributed by atoms with Crippen LogP contribution in [0, 0.1) is 0 Å². The fourth-order valence-electron chi connectivity index (χ4n) is 3.05. The number of methoxy groups -OCH3 is 1. The van der Waals surface area contributed by atoms with Crippen molar-refractivity contribution < 1.29 is 28.6 Å². The number of benzene rings is 2. The molecule has 2 aromatic rings. The summed E-state index contributed by atoms with van der Waals surface area (Å²) in [5.41, 5.74) is 1.53. The van der Waals surface area contributed by atoms with Crippen molar-refractivity contribution in [3.05, 3.63) is 63.5 Å². The highest BCUT2D eigenvalue weighted by Crippen LogP contribution is 2.40. The van der Waals surface area contributed by atoms with Crippen LogP contribution < -0.4 is 9.47 Å². The van der Waals surface area contributed by atoms with Gasteiger partial charge in [0.2, 0.25) is 0 Å². The number of carbonyl (C=O) groups excluding carboxylic acids is 3. The summed E-state index contributed by atoms with van der Waals surface area (Å²) in [4.78, 5) is 37.9. The quantitative estimate of drug-likeness (QED) is 0.396. The summed E-state index contributed by atoms with van der Waals surface area (Å²) in [6.45, 7) is 3.97. The Morgan fingerprint density at radius 1 is 1.19 bits per heavy atom. The van der Waals surface area contributed by atoms with Crippen molar-refractivity contribution in [1.29, 1.82) is 0 Å². The first kappa shape index (κ1) is 23.7. The summed E-state index contributed by atoms with van der Waals surface area (Å²) in [5.74, 6) is -0.433. The predicted molar refractivity (Wildman–Crippen MR) is 123 cm³/mol. The number of imide groups is 1. The van der Waals surface area contributed by atoms with E-state index in [2.05, 4.69) is 4.74 Å². The summed E-state index contributed by atoms with van der Waals surface area (Å²) in [5, 5.41) is -0.238. The van der Waals surface area contributed by atoms with E-state index in [0.717, 1.165) is 22.2 Å². The molecule has 9 heteroatoms. The zero-order valence-corrected chi connectivity index (χ0v) is 19.4. The number of halogens is 1. The van der Waals surface area contributed by atoms with Gasteiger partial charge < -0.3 is 14.2 Å². The molecule has 7 nitrogen and oxygen atoms in total. The number of hydrogen-bond acceptors (Lipinski definition) is 7. The number of rotatable bonds is 8. The summed E-state index contributed by atoms with van der Waals surface area (Å²) < 4.78 is 16.2. The molecule has 3 rings (SSSR count). The number of ether oxygens (including phenoxy) is 3. The van der Waals surface area contributed by atoms with Gasteiger partial charge in [-0.1, -0.05) is 41.9 Å². The minimum Gasteiger partial charge on any atom is -0.490 e. The number of esters is 1. The topological polar surface area (TPSA) is 82.1 Å².